The van der Waals surface area contributed by atoms with Crippen molar-refractivity contribution < 1.29 is 14.3 Å². The minimum absolute atomic E-state index is 0.374. The number of carbonyl (C=O) groups excluding carboxylic acids is 1. The van der Waals surface area contributed by atoms with Crippen LogP contribution in [0, 0.1) is 0 Å². The monoisotopic (exact) mass is 255 g/mol. The molecule has 0 saturated heterocycles. The third-order valence-electron chi connectivity index (χ3n) is 2.04. The fraction of sp³-hybridized carbons (Fsp3) is 0.417. The van der Waals surface area contributed by atoms with Crippen molar-refractivity contribution in [3.63, 3.8) is 0 Å². The van der Waals surface area contributed by atoms with Crippen LogP contribution in [0.2, 0.25) is 0 Å². The highest BCUT2D eigenvalue weighted by molar-refractivity contribution is 7.99. The van der Waals surface area contributed by atoms with E-state index in [9.17, 15) is 4.79 Å². The van der Waals surface area contributed by atoms with E-state index < -0.39 is 6.04 Å². The summed E-state index contributed by atoms with van der Waals surface area (Å²) in [5.41, 5.74) is 5.58. The summed E-state index contributed by atoms with van der Waals surface area (Å²) in [5.74, 6) is 1.82. The summed E-state index contributed by atoms with van der Waals surface area (Å²) in [7, 11) is 1.34. The number of hydrogen-bond donors (Lipinski definition) is 1. The number of rotatable bonds is 7. The maximum absolute atomic E-state index is 11.0. The van der Waals surface area contributed by atoms with Gasteiger partial charge in [-0.15, -0.1) is 0 Å². The Morgan fingerprint density at radius 2 is 2.12 bits per heavy atom. The Kier molecular flexibility index (Phi) is 6.50. The number of hydrogen-bond acceptors (Lipinski definition) is 5. The molecule has 0 spiro atoms. The van der Waals surface area contributed by atoms with Gasteiger partial charge in [0.05, 0.1) is 13.7 Å². The summed E-state index contributed by atoms with van der Waals surface area (Å²) in [6.07, 6.45) is 0. The van der Waals surface area contributed by atoms with Crippen LogP contribution in [0.15, 0.2) is 30.3 Å². The van der Waals surface area contributed by atoms with Crippen molar-refractivity contribution in [1.29, 1.82) is 0 Å². The van der Waals surface area contributed by atoms with Gasteiger partial charge in [0, 0.05) is 11.5 Å². The number of esters is 1. The summed E-state index contributed by atoms with van der Waals surface area (Å²) >= 11 is 1.57. The molecule has 1 atom stereocenters. The molecule has 0 aliphatic heterocycles. The van der Waals surface area contributed by atoms with Crippen molar-refractivity contribution >= 4 is 17.7 Å². The molecule has 0 fully saturated rings. The quantitative estimate of drug-likeness (QED) is 0.588. The Bertz CT molecular complexity index is 332. The summed E-state index contributed by atoms with van der Waals surface area (Å²) in [6.45, 7) is 0.600. The Morgan fingerprint density at radius 1 is 1.41 bits per heavy atom. The zero-order valence-corrected chi connectivity index (χ0v) is 10.6. The molecule has 2 N–H and O–H groups in total. The van der Waals surface area contributed by atoms with E-state index in [2.05, 4.69) is 4.74 Å². The van der Waals surface area contributed by atoms with Gasteiger partial charge < -0.3 is 15.2 Å². The second-order valence-electron chi connectivity index (χ2n) is 3.37. The molecule has 0 saturated carbocycles. The van der Waals surface area contributed by atoms with E-state index >= 15 is 0 Å². The number of para-hydroxylation sites is 1. The van der Waals surface area contributed by atoms with Gasteiger partial charge in [-0.05, 0) is 12.1 Å². The first-order valence-electron chi connectivity index (χ1n) is 5.33. The summed E-state index contributed by atoms with van der Waals surface area (Å²) in [6, 6.07) is 9.06. The van der Waals surface area contributed by atoms with Gasteiger partial charge in [0.25, 0.3) is 0 Å². The van der Waals surface area contributed by atoms with E-state index in [1.807, 2.05) is 30.3 Å². The molecule has 0 aliphatic rings. The van der Waals surface area contributed by atoms with Gasteiger partial charge >= 0.3 is 5.97 Å². The van der Waals surface area contributed by atoms with E-state index in [1.165, 1.54) is 7.11 Å². The molecule has 5 heteroatoms. The number of nitrogens with two attached hydrogens (primary N) is 1. The number of thioether (sulfide) groups is 1. The van der Waals surface area contributed by atoms with E-state index in [0.29, 0.717) is 12.4 Å². The highest BCUT2D eigenvalue weighted by atomic mass is 32.2. The summed E-state index contributed by atoms with van der Waals surface area (Å²) in [5, 5.41) is 0. The van der Waals surface area contributed by atoms with Gasteiger partial charge in [-0.3, -0.25) is 4.79 Å². The van der Waals surface area contributed by atoms with Crippen molar-refractivity contribution in [3.8, 4) is 5.75 Å². The van der Waals surface area contributed by atoms with Gasteiger partial charge in [-0.25, -0.2) is 0 Å². The normalized spacial score (nSPS) is 11.9. The van der Waals surface area contributed by atoms with E-state index in [4.69, 9.17) is 10.5 Å². The SMILES string of the molecule is COC(=O)C(N)CSCCOc1ccccc1. The molecule has 0 aliphatic carbocycles. The predicted molar refractivity (Wildman–Crippen MR) is 69.3 cm³/mol. The second-order valence-corrected chi connectivity index (χ2v) is 4.52. The molecule has 0 amide bonds. The van der Waals surface area contributed by atoms with Crippen molar-refractivity contribution in [2.24, 2.45) is 5.73 Å². The molecule has 0 heterocycles. The molecule has 0 bridgehead atoms. The predicted octanol–water partition coefficient (Wildman–Crippen LogP) is 1.30. The van der Waals surface area contributed by atoms with E-state index in [-0.39, 0.29) is 5.97 Å². The standard InChI is InChI=1S/C12H17NO3S/c1-15-12(14)11(13)9-17-8-7-16-10-5-3-2-4-6-10/h2-6,11H,7-9,13H2,1H3. The molecule has 1 aromatic rings. The molecule has 1 unspecified atom stereocenters. The van der Waals surface area contributed by atoms with Crippen LogP contribution in [0.5, 0.6) is 5.75 Å². The van der Waals surface area contributed by atoms with Crippen LogP contribution in [0.1, 0.15) is 0 Å². The Balaban J connectivity index is 2.07. The largest absolute Gasteiger partial charge is 0.493 e. The minimum Gasteiger partial charge on any atom is -0.493 e. The Labute approximate surface area is 105 Å². The van der Waals surface area contributed by atoms with Crippen LogP contribution in [-0.4, -0.2) is 37.2 Å². The van der Waals surface area contributed by atoms with Crippen LogP contribution in [0.25, 0.3) is 0 Å². The van der Waals surface area contributed by atoms with Crippen LogP contribution < -0.4 is 10.5 Å². The molecular weight excluding hydrogens is 238 g/mol. The van der Waals surface area contributed by atoms with Crippen molar-refractivity contribution in [1.82, 2.24) is 0 Å². The lowest BCUT2D eigenvalue weighted by atomic mass is 10.3. The highest BCUT2D eigenvalue weighted by Gasteiger charge is 2.12. The first-order valence-corrected chi connectivity index (χ1v) is 6.48. The van der Waals surface area contributed by atoms with Crippen LogP contribution >= 0.6 is 11.8 Å². The number of carbonyl (C=O) groups is 1. The number of ether oxygens (including phenoxy) is 2. The number of methoxy groups -OCH3 is 1. The minimum atomic E-state index is -0.554. The van der Waals surface area contributed by atoms with Gasteiger partial charge in [-0.2, -0.15) is 11.8 Å². The zero-order valence-electron chi connectivity index (χ0n) is 9.80. The van der Waals surface area contributed by atoms with Crippen LogP contribution in [-0.2, 0) is 9.53 Å². The molecule has 94 valence electrons. The smallest absolute Gasteiger partial charge is 0.323 e. The average molecular weight is 255 g/mol. The fourth-order valence-electron chi connectivity index (χ4n) is 1.16. The first kappa shape index (κ1) is 13.9. The Hall–Kier alpha value is -1.20. The van der Waals surface area contributed by atoms with Gasteiger partial charge in [-0.1, -0.05) is 18.2 Å². The van der Waals surface area contributed by atoms with Crippen molar-refractivity contribution in [3.05, 3.63) is 30.3 Å². The molecule has 17 heavy (non-hydrogen) atoms. The first-order chi connectivity index (χ1) is 8.24. The topological polar surface area (TPSA) is 61.5 Å². The molecule has 1 aromatic carbocycles. The fourth-order valence-corrected chi connectivity index (χ4v) is 1.92. The van der Waals surface area contributed by atoms with Crippen molar-refractivity contribution in [2.45, 2.75) is 6.04 Å². The van der Waals surface area contributed by atoms with Crippen LogP contribution in [0.3, 0.4) is 0 Å². The lowest BCUT2D eigenvalue weighted by Gasteiger charge is -2.09. The van der Waals surface area contributed by atoms with Gasteiger partial charge in [0.2, 0.25) is 0 Å². The molecule has 1 rings (SSSR count). The average Bonchev–Trinajstić information content (AvgIpc) is 2.38. The summed E-state index contributed by atoms with van der Waals surface area (Å²) in [4.78, 5) is 11.0. The molecule has 0 aromatic heterocycles. The third kappa shape index (κ3) is 5.60. The Morgan fingerprint density at radius 3 is 2.76 bits per heavy atom. The van der Waals surface area contributed by atoms with Gasteiger partial charge in [0.1, 0.15) is 11.8 Å². The maximum atomic E-state index is 11.0. The summed E-state index contributed by atoms with van der Waals surface area (Å²) < 4.78 is 10.0. The van der Waals surface area contributed by atoms with Crippen LogP contribution in [0.4, 0.5) is 0 Å². The zero-order chi connectivity index (χ0) is 12.5. The second kappa shape index (κ2) is 7.97. The lowest BCUT2D eigenvalue weighted by molar-refractivity contribution is -0.141. The molecule has 4 nitrogen and oxygen atoms in total. The van der Waals surface area contributed by atoms with E-state index in [0.717, 1.165) is 11.5 Å². The van der Waals surface area contributed by atoms with Gasteiger partial charge in [0.15, 0.2) is 0 Å². The molecular formula is C12H17NO3S. The lowest BCUT2D eigenvalue weighted by Crippen LogP contribution is -2.34. The number of benzene rings is 1. The highest BCUT2D eigenvalue weighted by Crippen LogP contribution is 2.09. The third-order valence-corrected chi connectivity index (χ3v) is 3.09. The van der Waals surface area contributed by atoms with E-state index in [1.54, 1.807) is 11.8 Å². The molecule has 0 radical (unpaired) electrons. The maximum Gasteiger partial charge on any atom is 0.323 e. The van der Waals surface area contributed by atoms with Crippen molar-refractivity contribution in [2.75, 3.05) is 25.2 Å².